The van der Waals surface area contributed by atoms with Crippen LogP contribution in [0.1, 0.15) is 19.4 Å². The lowest BCUT2D eigenvalue weighted by Gasteiger charge is -2.06. The van der Waals surface area contributed by atoms with Crippen molar-refractivity contribution in [3.63, 3.8) is 0 Å². The van der Waals surface area contributed by atoms with Gasteiger partial charge in [-0.1, -0.05) is 18.7 Å². The molecule has 2 unspecified atom stereocenters. The third-order valence-electron chi connectivity index (χ3n) is 3.34. The van der Waals surface area contributed by atoms with Crippen LogP contribution in [0, 0.1) is 11.7 Å². The maximum atomic E-state index is 13.4. The molecule has 3 rings (SSSR count). The lowest BCUT2D eigenvalue weighted by molar-refractivity contribution is -0.133. The highest BCUT2D eigenvalue weighted by Crippen LogP contribution is 2.46. The minimum Gasteiger partial charge on any atom is -0.481 e. The van der Waals surface area contributed by atoms with Gasteiger partial charge in [-0.3, -0.25) is 4.79 Å². The zero-order valence-corrected chi connectivity index (χ0v) is 11.2. The summed E-state index contributed by atoms with van der Waals surface area (Å²) in [4.78, 5) is 15.1. The zero-order chi connectivity index (χ0) is 13.6. The van der Waals surface area contributed by atoms with Crippen LogP contribution in [0.5, 0.6) is 0 Å². The summed E-state index contributed by atoms with van der Waals surface area (Å²) < 4.78 is 15.4. The number of carboxylic acids is 1. The van der Waals surface area contributed by atoms with E-state index in [4.69, 9.17) is 5.11 Å². The molecular weight excluding hydrogens is 267 g/mol. The van der Waals surface area contributed by atoms with Crippen LogP contribution in [-0.4, -0.2) is 26.4 Å². The topological polar surface area (TPSA) is 55.1 Å². The number of hydrogen-bond donors (Lipinski definition) is 1. The highest BCUT2D eigenvalue weighted by atomic mass is 32.2. The first-order chi connectivity index (χ1) is 9.06. The SMILES string of the molecule is CC1CC1n1c(SCC(=O)O)nc2ccc(F)cc21. The van der Waals surface area contributed by atoms with Gasteiger partial charge in [0.2, 0.25) is 0 Å². The molecule has 1 N–H and O–H groups in total. The van der Waals surface area contributed by atoms with E-state index in [1.54, 1.807) is 6.07 Å². The molecule has 1 aliphatic carbocycles. The Morgan fingerprint density at radius 3 is 3.00 bits per heavy atom. The molecule has 2 aromatic rings. The van der Waals surface area contributed by atoms with Crippen molar-refractivity contribution in [3.05, 3.63) is 24.0 Å². The van der Waals surface area contributed by atoms with E-state index in [1.165, 1.54) is 23.9 Å². The first kappa shape index (κ1) is 12.5. The van der Waals surface area contributed by atoms with Gasteiger partial charge in [0.15, 0.2) is 5.16 Å². The van der Waals surface area contributed by atoms with Crippen molar-refractivity contribution >= 4 is 28.8 Å². The Hall–Kier alpha value is -1.56. The molecule has 1 aromatic carbocycles. The van der Waals surface area contributed by atoms with Crippen LogP contribution in [0.3, 0.4) is 0 Å². The average Bonchev–Trinajstić information content (AvgIpc) is 2.95. The first-order valence-electron chi connectivity index (χ1n) is 6.08. The Bertz CT molecular complexity index is 655. The fourth-order valence-corrected chi connectivity index (χ4v) is 3.04. The molecule has 4 nitrogen and oxygen atoms in total. The van der Waals surface area contributed by atoms with E-state index in [0.29, 0.717) is 22.6 Å². The largest absolute Gasteiger partial charge is 0.481 e. The van der Waals surface area contributed by atoms with Gasteiger partial charge >= 0.3 is 5.97 Å². The van der Waals surface area contributed by atoms with E-state index in [2.05, 4.69) is 11.9 Å². The van der Waals surface area contributed by atoms with E-state index < -0.39 is 5.97 Å². The molecule has 6 heteroatoms. The molecular formula is C13H13FN2O2S. The summed E-state index contributed by atoms with van der Waals surface area (Å²) in [6, 6.07) is 4.79. The average molecular weight is 280 g/mol. The smallest absolute Gasteiger partial charge is 0.313 e. The summed E-state index contributed by atoms with van der Waals surface area (Å²) >= 11 is 1.19. The summed E-state index contributed by atoms with van der Waals surface area (Å²) in [5.41, 5.74) is 1.47. The van der Waals surface area contributed by atoms with E-state index in [9.17, 15) is 9.18 Å². The predicted molar refractivity (Wildman–Crippen MR) is 70.9 cm³/mol. The van der Waals surface area contributed by atoms with Crippen LogP contribution in [-0.2, 0) is 4.79 Å². The Morgan fingerprint density at radius 2 is 2.37 bits per heavy atom. The van der Waals surface area contributed by atoms with Gasteiger partial charge in [0.25, 0.3) is 0 Å². The van der Waals surface area contributed by atoms with Crippen molar-refractivity contribution in [1.29, 1.82) is 0 Å². The van der Waals surface area contributed by atoms with Gasteiger partial charge in [0.1, 0.15) is 5.82 Å². The number of halogens is 1. The number of imidazole rings is 1. The Kier molecular flexibility index (Phi) is 2.97. The zero-order valence-electron chi connectivity index (χ0n) is 10.3. The monoisotopic (exact) mass is 280 g/mol. The second-order valence-corrected chi connectivity index (χ2v) is 5.80. The highest BCUT2D eigenvalue weighted by Gasteiger charge is 2.37. The van der Waals surface area contributed by atoms with Crippen LogP contribution >= 0.6 is 11.8 Å². The van der Waals surface area contributed by atoms with Crippen LogP contribution in [0.4, 0.5) is 4.39 Å². The number of benzene rings is 1. The number of carbonyl (C=O) groups is 1. The van der Waals surface area contributed by atoms with E-state index in [1.807, 2.05) is 4.57 Å². The normalized spacial score (nSPS) is 21.8. The Balaban J connectivity index is 2.06. The first-order valence-corrected chi connectivity index (χ1v) is 7.07. The van der Waals surface area contributed by atoms with Gasteiger partial charge in [-0.25, -0.2) is 9.37 Å². The molecule has 0 bridgehead atoms. The number of thioether (sulfide) groups is 1. The number of carboxylic acid groups (broad SMARTS) is 1. The standard InChI is InChI=1S/C13H13FN2O2S/c1-7-4-10(7)16-11-5-8(14)2-3-9(11)15-13(16)19-6-12(17)18/h2-3,5,7,10H,4,6H2,1H3,(H,17,18). The van der Waals surface area contributed by atoms with E-state index in [0.717, 1.165) is 11.9 Å². The summed E-state index contributed by atoms with van der Waals surface area (Å²) in [5.74, 6) is -0.674. The molecule has 2 atom stereocenters. The summed E-state index contributed by atoms with van der Waals surface area (Å²) in [7, 11) is 0. The number of rotatable bonds is 4. The van der Waals surface area contributed by atoms with Gasteiger partial charge in [0, 0.05) is 6.04 Å². The Labute approximate surface area is 113 Å². The minimum atomic E-state index is -0.876. The number of hydrogen-bond acceptors (Lipinski definition) is 3. The van der Waals surface area contributed by atoms with Crippen LogP contribution in [0.25, 0.3) is 11.0 Å². The fourth-order valence-electron chi connectivity index (χ4n) is 2.25. The lowest BCUT2D eigenvalue weighted by Crippen LogP contribution is -2.02. The molecule has 1 fully saturated rings. The maximum Gasteiger partial charge on any atom is 0.313 e. The van der Waals surface area contributed by atoms with Crippen LogP contribution in [0.2, 0.25) is 0 Å². The fraction of sp³-hybridized carbons (Fsp3) is 0.385. The van der Waals surface area contributed by atoms with Crippen molar-refractivity contribution in [2.24, 2.45) is 5.92 Å². The highest BCUT2D eigenvalue weighted by molar-refractivity contribution is 7.99. The lowest BCUT2D eigenvalue weighted by atomic mass is 10.3. The molecule has 1 saturated carbocycles. The Morgan fingerprint density at radius 1 is 1.63 bits per heavy atom. The summed E-state index contributed by atoms with van der Waals surface area (Å²) in [6.45, 7) is 2.13. The predicted octanol–water partition coefficient (Wildman–Crippen LogP) is 2.93. The van der Waals surface area contributed by atoms with Gasteiger partial charge in [-0.05, 0) is 30.5 Å². The number of aromatic nitrogens is 2. The molecule has 0 aliphatic heterocycles. The van der Waals surface area contributed by atoms with E-state index >= 15 is 0 Å². The molecule has 0 spiro atoms. The van der Waals surface area contributed by atoms with E-state index in [-0.39, 0.29) is 11.6 Å². The molecule has 1 heterocycles. The van der Waals surface area contributed by atoms with Crippen molar-refractivity contribution < 1.29 is 14.3 Å². The van der Waals surface area contributed by atoms with Gasteiger partial charge in [-0.15, -0.1) is 0 Å². The van der Waals surface area contributed by atoms with Crippen molar-refractivity contribution in [2.75, 3.05) is 5.75 Å². The van der Waals surface area contributed by atoms with Crippen LogP contribution < -0.4 is 0 Å². The molecule has 1 aromatic heterocycles. The summed E-state index contributed by atoms with van der Waals surface area (Å²) in [6.07, 6.45) is 1.03. The molecule has 0 radical (unpaired) electrons. The third-order valence-corrected chi connectivity index (χ3v) is 4.28. The van der Waals surface area contributed by atoms with Gasteiger partial charge in [-0.2, -0.15) is 0 Å². The van der Waals surface area contributed by atoms with Crippen LogP contribution in [0.15, 0.2) is 23.4 Å². The molecule has 0 amide bonds. The second-order valence-electron chi connectivity index (χ2n) is 4.86. The quantitative estimate of drug-likeness (QED) is 0.875. The summed E-state index contributed by atoms with van der Waals surface area (Å²) in [5, 5.41) is 9.44. The number of aliphatic carboxylic acids is 1. The van der Waals surface area contributed by atoms with Crippen molar-refractivity contribution in [1.82, 2.24) is 9.55 Å². The number of nitrogens with zero attached hydrogens (tertiary/aromatic N) is 2. The minimum absolute atomic E-state index is 0.0348. The molecule has 0 saturated heterocycles. The van der Waals surface area contributed by atoms with Crippen molar-refractivity contribution in [2.45, 2.75) is 24.5 Å². The van der Waals surface area contributed by atoms with Gasteiger partial charge in [0.05, 0.1) is 16.8 Å². The maximum absolute atomic E-state index is 13.4. The molecule has 19 heavy (non-hydrogen) atoms. The van der Waals surface area contributed by atoms with Gasteiger partial charge < -0.3 is 9.67 Å². The molecule has 1 aliphatic rings. The second kappa shape index (κ2) is 4.52. The van der Waals surface area contributed by atoms with Crippen molar-refractivity contribution in [3.8, 4) is 0 Å². The molecule has 100 valence electrons. The number of fused-ring (bicyclic) bond motifs is 1. The third kappa shape index (κ3) is 2.32.